The predicted octanol–water partition coefficient (Wildman–Crippen LogP) is 2.61. The first-order valence-corrected chi connectivity index (χ1v) is 6.01. The lowest BCUT2D eigenvalue weighted by atomic mass is 10.0. The van der Waals surface area contributed by atoms with Crippen LogP contribution in [0.2, 0.25) is 0 Å². The Morgan fingerprint density at radius 3 is 2.59 bits per heavy atom. The summed E-state index contributed by atoms with van der Waals surface area (Å²) < 4.78 is 13.0. The van der Waals surface area contributed by atoms with Crippen LogP contribution in [0, 0.1) is 11.9 Å². The zero-order chi connectivity index (χ0) is 12.8. The predicted molar refractivity (Wildman–Crippen MR) is 69.6 cm³/mol. The van der Waals surface area contributed by atoms with E-state index in [2.05, 4.69) is 29.0 Å². The van der Waals surface area contributed by atoms with Crippen molar-refractivity contribution < 1.29 is 4.39 Å². The molecule has 0 radical (unpaired) electrons. The first-order valence-electron chi connectivity index (χ1n) is 6.01. The molecule has 0 aliphatic carbocycles. The van der Waals surface area contributed by atoms with E-state index in [0.29, 0.717) is 17.8 Å². The molecular weight excluding hydrogens is 217 g/mol. The molecule has 0 fully saturated rings. The average molecular weight is 239 g/mol. The maximum absolute atomic E-state index is 13.0. The number of hydrogen-bond donors (Lipinski definition) is 1. The van der Waals surface area contributed by atoms with E-state index in [-0.39, 0.29) is 0 Å². The van der Waals surface area contributed by atoms with Crippen LogP contribution in [0.15, 0.2) is 18.2 Å². The Hall–Kier alpha value is -1.16. The first-order chi connectivity index (χ1) is 7.97. The fraction of sp³-hybridized carbons (Fsp3) is 0.615. The summed E-state index contributed by atoms with van der Waals surface area (Å²) in [6, 6.07) is 5.12. The van der Waals surface area contributed by atoms with Gasteiger partial charge in [-0.05, 0) is 38.6 Å². The van der Waals surface area contributed by atoms with E-state index in [9.17, 15) is 4.39 Å². The fourth-order valence-corrected chi connectivity index (χ4v) is 1.89. The van der Waals surface area contributed by atoms with Crippen LogP contribution in [-0.2, 0) is 0 Å². The van der Waals surface area contributed by atoms with Crippen molar-refractivity contribution in [2.24, 2.45) is 5.92 Å². The number of rotatable bonds is 6. The molecule has 1 atom stereocenters. The van der Waals surface area contributed by atoms with Gasteiger partial charge in [-0.2, -0.15) is 4.39 Å². The van der Waals surface area contributed by atoms with Gasteiger partial charge in [0.15, 0.2) is 0 Å². The standard InChI is InChI=1S/C13H22FN3/c1-10(2)8-11(9-17(3)4)15-13-7-5-6-12(14)16-13/h5-7,10-11H,8-9H2,1-4H3,(H,15,16). The molecule has 0 bridgehead atoms. The summed E-state index contributed by atoms with van der Waals surface area (Å²) in [7, 11) is 4.07. The normalized spacial score (nSPS) is 13.1. The number of nitrogens with one attached hydrogen (secondary N) is 1. The van der Waals surface area contributed by atoms with Gasteiger partial charge in [-0.15, -0.1) is 0 Å². The van der Waals surface area contributed by atoms with Gasteiger partial charge in [-0.25, -0.2) is 4.98 Å². The molecule has 0 aliphatic heterocycles. The highest BCUT2D eigenvalue weighted by molar-refractivity contribution is 5.34. The van der Waals surface area contributed by atoms with E-state index in [4.69, 9.17) is 0 Å². The molecule has 0 saturated heterocycles. The van der Waals surface area contributed by atoms with E-state index in [0.717, 1.165) is 13.0 Å². The Balaban J connectivity index is 2.64. The van der Waals surface area contributed by atoms with Crippen molar-refractivity contribution in [1.29, 1.82) is 0 Å². The lowest BCUT2D eigenvalue weighted by Gasteiger charge is -2.24. The molecule has 1 heterocycles. The second-order valence-corrected chi connectivity index (χ2v) is 5.08. The summed E-state index contributed by atoms with van der Waals surface area (Å²) in [4.78, 5) is 5.96. The molecule has 1 rings (SSSR count). The van der Waals surface area contributed by atoms with Crippen LogP contribution < -0.4 is 5.32 Å². The molecule has 0 aromatic carbocycles. The molecule has 0 amide bonds. The molecule has 0 aliphatic rings. The number of nitrogens with zero attached hydrogens (tertiary/aromatic N) is 2. The lowest BCUT2D eigenvalue weighted by molar-refractivity contribution is 0.356. The van der Waals surface area contributed by atoms with Crippen molar-refractivity contribution in [1.82, 2.24) is 9.88 Å². The summed E-state index contributed by atoms with van der Waals surface area (Å²) >= 11 is 0. The van der Waals surface area contributed by atoms with E-state index >= 15 is 0 Å². The Morgan fingerprint density at radius 2 is 2.06 bits per heavy atom. The first kappa shape index (κ1) is 13.9. The van der Waals surface area contributed by atoms with E-state index in [1.807, 2.05) is 14.1 Å². The number of likely N-dealkylation sites (N-methyl/N-ethyl adjacent to an activating group) is 1. The summed E-state index contributed by atoms with van der Waals surface area (Å²) in [5, 5.41) is 3.29. The minimum Gasteiger partial charge on any atom is -0.366 e. The van der Waals surface area contributed by atoms with Gasteiger partial charge in [-0.3, -0.25) is 0 Å². The minimum atomic E-state index is -0.442. The van der Waals surface area contributed by atoms with Gasteiger partial charge in [0.25, 0.3) is 0 Å². The molecule has 1 aromatic rings. The Kier molecular flexibility index (Phi) is 5.35. The summed E-state index contributed by atoms with van der Waals surface area (Å²) in [5.41, 5.74) is 0. The van der Waals surface area contributed by atoms with Crippen LogP contribution in [0.5, 0.6) is 0 Å². The zero-order valence-corrected chi connectivity index (χ0v) is 11.1. The van der Waals surface area contributed by atoms with Crippen LogP contribution in [0.1, 0.15) is 20.3 Å². The molecule has 96 valence electrons. The van der Waals surface area contributed by atoms with Gasteiger partial charge in [0.1, 0.15) is 5.82 Å². The third-order valence-corrected chi connectivity index (χ3v) is 2.41. The molecule has 17 heavy (non-hydrogen) atoms. The highest BCUT2D eigenvalue weighted by Gasteiger charge is 2.12. The largest absolute Gasteiger partial charge is 0.366 e. The van der Waals surface area contributed by atoms with Crippen molar-refractivity contribution in [3.05, 3.63) is 24.1 Å². The number of hydrogen-bond acceptors (Lipinski definition) is 3. The van der Waals surface area contributed by atoms with Gasteiger partial charge in [0.2, 0.25) is 5.95 Å². The van der Waals surface area contributed by atoms with Gasteiger partial charge < -0.3 is 10.2 Å². The number of anilines is 1. The molecule has 0 spiro atoms. The number of pyridine rings is 1. The van der Waals surface area contributed by atoms with Crippen LogP contribution in [0.25, 0.3) is 0 Å². The lowest BCUT2D eigenvalue weighted by Crippen LogP contribution is -2.33. The van der Waals surface area contributed by atoms with Crippen molar-refractivity contribution >= 4 is 5.82 Å². The summed E-state index contributed by atoms with van der Waals surface area (Å²) in [6.07, 6.45) is 1.04. The van der Waals surface area contributed by atoms with Gasteiger partial charge in [0, 0.05) is 12.6 Å². The third-order valence-electron chi connectivity index (χ3n) is 2.41. The maximum atomic E-state index is 13.0. The average Bonchev–Trinajstić information content (AvgIpc) is 2.14. The molecule has 3 nitrogen and oxygen atoms in total. The van der Waals surface area contributed by atoms with Crippen molar-refractivity contribution in [3.63, 3.8) is 0 Å². The van der Waals surface area contributed by atoms with E-state index in [1.165, 1.54) is 6.07 Å². The van der Waals surface area contributed by atoms with Gasteiger partial charge >= 0.3 is 0 Å². The minimum absolute atomic E-state index is 0.291. The number of aromatic nitrogens is 1. The maximum Gasteiger partial charge on any atom is 0.214 e. The highest BCUT2D eigenvalue weighted by Crippen LogP contribution is 2.12. The van der Waals surface area contributed by atoms with Crippen LogP contribution >= 0.6 is 0 Å². The quantitative estimate of drug-likeness (QED) is 0.773. The van der Waals surface area contributed by atoms with Crippen LogP contribution in [0.4, 0.5) is 10.2 Å². The van der Waals surface area contributed by atoms with E-state index < -0.39 is 5.95 Å². The monoisotopic (exact) mass is 239 g/mol. The highest BCUT2D eigenvalue weighted by atomic mass is 19.1. The molecule has 1 aromatic heterocycles. The van der Waals surface area contributed by atoms with Crippen molar-refractivity contribution in [3.8, 4) is 0 Å². The molecule has 1 unspecified atom stereocenters. The van der Waals surface area contributed by atoms with Crippen LogP contribution in [0.3, 0.4) is 0 Å². The zero-order valence-electron chi connectivity index (χ0n) is 11.1. The second-order valence-electron chi connectivity index (χ2n) is 5.08. The Morgan fingerprint density at radius 1 is 1.35 bits per heavy atom. The molecule has 1 N–H and O–H groups in total. The molecule has 4 heteroatoms. The molecular formula is C13H22FN3. The Labute approximate surface area is 103 Å². The van der Waals surface area contributed by atoms with E-state index in [1.54, 1.807) is 12.1 Å². The molecule has 0 saturated carbocycles. The van der Waals surface area contributed by atoms with Crippen molar-refractivity contribution in [2.45, 2.75) is 26.3 Å². The SMILES string of the molecule is CC(C)CC(CN(C)C)Nc1cccc(F)n1. The van der Waals surface area contributed by atoms with Gasteiger partial charge in [0.05, 0.1) is 0 Å². The summed E-state index contributed by atoms with van der Waals surface area (Å²) in [5.74, 6) is 0.765. The van der Waals surface area contributed by atoms with Crippen molar-refractivity contribution in [2.75, 3.05) is 26.0 Å². The second kappa shape index (κ2) is 6.55. The fourth-order valence-electron chi connectivity index (χ4n) is 1.89. The van der Waals surface area contributed by atoms with Gasteiger partial charge in [-0.1, -0.05) is 19.9 Å². The Bertz CT molecular complexity index is 329. The smallest absolute Gasteiger partial charge is 0.214 e. The topological polar surface area (TPSA) is 28.2 Å². The van der Waals surface area contributed by atoms with Crippen LogP contribution in [-0.4, -0.2) is 36.6 Å². The number of halogens is 1. The summed E-state index contributed by atoms with van der Waals surface area (Å²) in [6.45, 7) is 5.28. The third kappa shape index (κ3) is 5.63.